The van der Waals surface area contributed by atoms with Crippen LogP contribution in [0, 0.1) is 0 Å². The SMILES string of the molecule is CN1C=C(N2CCN(Cc3cc4[nH]c(=O)c5ccccc5c4n3C)CC2)C=CC1. The van der Waals surface area contributed by atoms with Gasteiger partial charge in [0.15, 0.2) is 0 Å². The minimum Gasteiger partial charge on any atom is -0.375 e. The first-order valence-electron chi connectivity index (χ1n) is 10.3. The third-order valence-corrected chi connectivity index (χ3v) is 6.17. The summed E-state index contributed by atoms with van der Waals surface area (Å²) in [5, 5.41) is 1.77. The third kappa shape index (κ3) is 3.23. The Labute approximate surface area is 170 Å². The van der Waals surface area contributed by atoms with Gasteiger partial charge in [-0.25, -0.2) is 0 Å². The average molecular weight is 390 g/mol. The monoisotopic (exact) mass is 389 g/mol. The van der Waals surface area contributed by atoms with Crippen LogP contribution in [0.4, 0.5) is 0 Å². The van der Waals surface area contributed by atoms with Gasteiger partial charge in [0.25, 0.3) is 5.56 Å². The van der Waals surface area contributed by atoms with E-state index in [1.807, 2.05) is 24.3 Å². The third-order valence-electron chi connectivity index (χ3n) is 6.17. The van der Waals surface area contributed by atoms with Gasteiger partial charge in [0.05, 0.1) is 16.7 Å². The van der Waals surface area contributed by atoms with E-state index in [2.05, 4.69) is 62.8 Å². The number of likely N-dealkylation sites (N-methyl/N-ethyl adjacent to an activating group) is 1. The van der Waals surface area contributed by atoms with Crippen LogP contribution in [0.5, 0.6) is 0 Å². The molecular formula is C23H27N5O. The summed E-state index contributed by atoms with van der Waals surface area (Å²) in [6.45, 7) is 6.02. The first kappa shape index (κ1) is 18.1. The van der Waals surface area contributed by atoms with E-state index >= 15 is 0 Å². The maximum absolute atomic E-state index is 12.4. The molecule has 2 aliphatic heterocycles. The zero-order valence-corrected chi connectivity index (χ0v) is 17.1. The molecule has 2 aliphatic rings. The molecule has 0 unspecified atom stereocenters. The van der Waals surface area contributed by atoms with Crippen molar-refractivity contribution in [3.05, 3.63) is 70.4 Å². The number of nitrogens with zero attached hydrogens (tertiary/aromatic N) is 4. The van der Waals surface area contributed by atoms with Gasteiger partial charge in [0, 0.05) is 76.0 Å². The number of H-pyrrole nitrogens is 1. The molecule has 0 aliphatic carbocycles. The van der Waals surface area contributed by atoms with Crippen LogP contribution in [-0.4, -0.2) is 64.0 Å². The maximum Gasteiger partial charge on any atom is 0.256 e. The summed E-state index contributed by atoms with van der Waals surface area (Å²) < 4.78 is 2.24. The van der Waals surface area contributed by atoms with Gasteiger partial charge in [-0.1, -0.05) is 24.3 Å². The van der Waals surface area contributed by atoms with Crippen molar-refractivity contribution < 1.29 is 0 Å². The van der Waals surface area contributed by atoms with E-state index in [1.54, 1.807) is 0 Å². The molecule has 0 amide bonds. The van der Waals surface area contributed by atoms with Crippen LogP contribution in [0.25, 0.3) is 21.8 Å². The standard InChI is InChI=1S/C23H27N5O/c1-25-9-5-6-17(15-25)28-12-10-27(11-13-28)16-18-14-21-22(26(18)2)19-7-3-4-8-20(19)23(29)24-21/h3-8,14-15H,9-13,16H2,1-2H3,(H,24,29). The van der Waals surface area contributed by atoms with Gasteiger partial charge in [0.2, 0.25) is 0 Å². The van der Waals surface area contributed by atoms with Crippen LogP contribution in [-0.2, 0) is 13.6 Å². The second-order valence-electron chi connectivity index (χ2n) is 8.12. The summed E-state index contributed by atoms with van der Waals surface area (Å²) in [7, 11) is 4.22. The molecule has 0 saturated carbocycles. The number of fused-ring (bicyclic) bond motifs is 3. The first-order chi connectivity index (χ1) is 14.1. The smallest absolute Gasteiger partial charge is 0.256 e. The largest absolute Gasteiger partial charge is 0.375 e. The molecule has 1 fully saturated rings. The van der Waals surface area contributed by atoms with Crippen LogP contribution in [0.15, 0.2) is 59.2 Å². The lowest BCUT2D eigenvalue weighted by Gasteiger charge is -2.37. The number of aromatic amines is 1. The number of aromatic nitrogens is 2. The van der Waals surface area contributed by atoms with Gasteiger partial charge in [-0.05, 0) is 18.2 Å². The Morgan fingerprint density at radius 1 is 1.03 bits per heavy atom. The van der Waals surface area contributed by atoms with Crippen LogP contribution in [0.3, 0.4) is 0 Å². The van der Waals surface area contributed by atoms with E-state index in [0.29, 0.717) is 0 Å². The van der Waals surface area contributed by atoms with Gasteiger partial charge in [-0.3, -0.25) is 9.69 Å². The molecule has 150 valence electrons. The molecule has 6 heteroatoms. The fourth-order valence-corrected chi connectivity index (χ4v) is 4.55. The Morgan fingerprint density at radius 3 is 2.55 bits per heavy atom. The molecule has 3 aromatic rings. The second-order valence-corrected chi connectivity index (χ2v) is 8.12. The van der Waals surface area contributed by atoms with E-state index in [-0.39, 0.29) is 5.56 Å². The molecule has 2 aromatic heterocycles. The van der Waals surface area contributed by atoms with Crippen LogP contribution in [0.1, 0.15) is 5.69 Å². The Bertz CT molecular complexity index is 1180. The van der Waals surface area contributed by atoms with E-state index < -0.39 is 0 Å². The Morgan fingerprint density at radius 2 is 1.79 bits per heavy atom. The summed E-state index contributed by atoms with van der Waals surface area (Å²) in [6.07, 6.45) is 6.70. The quantitative estimate of drug-likeness (QED) is 0.748. The van der Waals surface area contributed by atoms with Crippen molar-refractivity contribution in [3.63, 3.8) is 0 Å². The van der Waals surface area contributed by atoms with Crippen molar-refractivity contribution in [1.29, 1.82) is 0 Å². The van der Waals surface area contributed by atoms with Crippen molar-refractivity contribution in [1.82, 2.24) is 24.3 Å². The number of nitrogens with one attached hydrogen (secondary N) is 1. The van der Waals surface area contributed by atoms with Crippen molar-refractivity contribution >= 4 is 21.8 Å². The van der Waals surface area contributed by atoms with Crippen molar-refractivity contribution in [2.45, 2.75) is 6.54 Å². The van der Waals surface area contributed by atoms with Gasteiger partial charge >= 0.3 is 0 Å². The molecule has 1 aromatic carbocycles. The molecule has 5 rings (SSSR count). The molecule has 1 N–H and O–H groups in total. The molecule has 29 heavy (non-hydrogen) atoms. The predicted molar refractivity (Wildman–Crippen MR) is 118 cm³/mol. The van der Waals surface area contributed by atoms with Crippen molar-refractivity contribution in [2.75, 3.05) is 39.8 Å². The summed E-state index contributed by atoms with van der Waals surface area (Å²) in [5.74, 6) is 0. The number of pyridine rings is 1. The van der Waals surface area contributed by atoms with E-state index in [9.17, 15) is 4.79 Å². The van der Waals surface area contributed by atoms with E-state index in [1.165, 1.54) is 11.4 Å². The maximum atomic E-state index is 12.4. The number of piperazine rings is 1. The average Bonchev–Trinajstić information content (AvgIpc) is 3.04. The molecule has 0 atom stereocenters. The highest BCUT2D eigenvalue weighted by Crippen LogP contribution is 2.25. The van der Waals surface area contributed by atoms with Crippen LogP contribution < -0.4 is 5.56 Å². The van der Waals surface area contributed by atoms with Gasteiger partial charge in [-0.15, -0.1) is 0 Å². The Hall–Kier alpha value is -2.99. The molecule has 1 saturated heterocycles. The fourth-order valence-electron chi connectivity index (χ4n) is 4.55. The molecule has 0 radical (unpaired) electrons. The zero-order valence-electron chi connectivity index (χ0n) is 17.1. The molecule has 6 nitrogen and oxygen atoms in total. The molecule has 4 heterocycles. The van der Waals surface area contributed by atoms with Gasteiger partial charge in [0.1, 0.15) is 0 Å². The Kier molecular flexibility index (Phi) is 4.43. The predicted octanol–water partition coefficient (Wildman–Crippen LogP) is 2.48. The highest BCUT2D eigenvalue weighted by atomic mass is 16.1. The number of aryl methyl sites for hydroxylation is 1. The highest BCUT2D eigenvalue weighted by Gasteiger charge is 2.21. The summed E-state index contributed by atoms with van der Waals surface area (Å²) in [5.41, 5.74) is 4.56. The van der Waals surface area contributed by atoms with Crippen LogP contribution in [0.2, 0.25) is 0 Å². The van der Waals surface area contributed by atoms with E-state index in [4.69, 9.17) is 0 Å². The van der Waals surface area contributed by atoms with Gasteiger partial charge < -0.3 is 19.4 Å². The zero-order chi connectivity index (χ0) is 20.0. The molecular weight excluding hydrogens is 362 g/mol. The first-order valence-corrected chi connectivity index (χ1v) is 10.3. The number of allylic oxidation sites excluding steroid dienone is 1. The number of rotatable bonds is 3. The summed E-state index contributed by atoms with van der Waals surface area (Å²) >= 11 is 0. The minimum atomic E-state index is -0.0161. The number of benzene rings is 1. The van der Waals surface area contributed by atoms with Crippen LogP contribution >= 0.6 is 0 Å². The second kappa shape index (κ2) is 7.12. The lowest BCUT2D eigenvalue weighted by Crippen LogP contribution is -2.45. The number of hydrogen-bond acceptors (Lipinski definition) is 4. The highest BCUT2D eigenvalue weighted by molar-refractivity contribution is 6.03. The van der Waals surface area contributed by atoms with Crippen molar-refractivity contribution in [2.24, 2.45) is 7.05 Å². The minimum absolute atomic E-state index is 0.0161. The molecule has 0 bridgehead atoms. The van der Waals surface area contributed by atoms with Gasteiger partial charge in [-0.2, -0.15) is 0 Å². The Balaban J connectivity index is 1.36. The topological polar surface area (TPSA) is 47.5 Å². The number of hydrogen-bond donors (Lipinski definition) is 1. The lowest BCUT2D eigenvalue weighted by molar-refractivity contribution is 0.151. The summed E-state index contributed by atoms with van der Waals surface area (Å²) in [6, 6.07) is 9.99. The molecule has 0 spiro atoms. The lowest BCUT2D eigenvalue weighted by atomic mass is 10.1. The summed E-state index contributed by atoms with van der Waals surface area (Å²) in [4.78, 5) is 22.7. The van der Waals surface area contributed by atoms with E-state index in [0.717, 1.165) is 61.1 Å². The van der Waals surface area contributed by atoms with Crippen molar-refractivity contribution in [3.8, 4) is 0 Å². The normalized spacial score (nSPS) is 18.1. The fraction of sp³-hybridized carbons (Fsp3) is 0.348.